The number of nitrogens with zero attached hydrogens (tertiary/aromatic N) is 6. The molecule has 0 aliphatic carbocycles. The van der Waals surface area contributed by atoms with Gasteiger partial charge in [-0.3, -0.25) is 34.2 Å². The van der Waals surface area contributed by atoms with E-state index in [1.54, 1.807) is 29.2 Å². The average Bonchev–Trinajstić information content (AvgIpc) is 3.29. The van der Waals surface area contributed by atoms with Crippen molar-refractivity contribution in [3.63, 3.8) is 0 Å². The van der Waals surface area contributed by atoms with Crippen LogP contribution in [0.1, 0.15) is 34.9 Å². The summed E-state index contributed by atoms with van der Waals surface area (Å²) in [5, 5.41) is 6.31. The largest absolute Gasteiger partial charge is 0.298 e. The van der Waals surface area contributed by atoms with Gasteiger partial charge in [-0.1, -0.05) is 0 Å². The second kappa shape index (κ2) is 9.05. The number of piperidine rings is 1. The SMILES string of the molecule is CN1CCC(ONC(=O)c2ccncc2)CC1c1cc2cc(-c3cnn(C)c3)ncc2cn1. The van der Waals surface area contributed by atoms with Gasteiger partial charge in [-0.05, 0) is 49.5 Å². The third kappa shape index (κ3) is 4.59. The Labute approximate surface area is 191 Å². The van der Waals surface area contributed by atoms with Gasteiger partial charge in [0.25, 0.3) is 5.91 Å². The highest BCUT2D eigenvalue weighted by molar-refractivity contribution is 5.93. The fourth-order valence-electron chi connectivity index (χ4n) is 4.15. The first-order chi connectivity index (χ1) is 16.1. The molecule has 4 aromatic rings. The zero-order valence-electron chi connectivity index (χ0n) is 18.5. The summed E-state index contributed by atoms with van der Waals surface area (Å²) >= 11 is 0. The molecule has 2 unspecified atom stereocenters. The summed E-state index contributed by atoms with van der Waals surface area (Å²) in [6.07, 6.45) is 12.1. The lowest BCUT2D eigenvalue weighted by Crippen LogP contribution is -2.40. The second-order valence-electron chi connectivity index (χ2n) is 8.36. The number of pyridine rings is 3. The summed E-state index contributed by atoms with van der Waals surface area (Å²) in [6, 6.07) is 7.59. The molecule has 1 N–H and O–H groups in total. The summed E-state index contributed by atoms with van der Waals surface area (Å²) in [5.41, 5.74) is 5.94. The minimum Gasteiger partial charge on any atom is -0.298 e. The number of carbonyl (C=O) groups excluding carboxylic acids is 1. The Morgan fingerprint density at radius 1 is 1.09 bits per heavy atom. The second-order valence-corrected chi connectivity index (χ2v) is 8.36. The Morgan fingerprint density at radius 3 is 2.70 bits per heavy atom. The summed E-state index contributed by atoms with van der Waals surface area (Å²) < 4.78 is 1.77. The van der Waals surface area contributed by atoms with E-state index in [0.29, 0.717) is 5.56 Å². The van der Waals surface area contributed by atoms with E-state index in [2.05, 4.69) is 44.6 Å². The van der Waals surface area contributed by atoms with E-state index in [-0.39, 0.29) is 18.1 Å². The van der Waals surface area contributed by atoms with Crippen LogP contribution in [0.15, 0.2) is 61.4 Å². The minimum absolute atomic E-state index is 0.0842. The highest BCUT2D eigenvalue weighted by atomic mass is 16.7. The lowest BCUT2D eigenvalue weighted by atomic mass is 9.96. The van der Waals surface area contributed by atoms with Crippen LogP contribution in [0.25, 0.3) is 22.0 Å². The molecule has 33 heavy (non-hydrogen) atoms. The third-order valence-electron chi connectivity index (χ3n) is 6.05. The smallest absolute Gasteiger partial charge is 0.274 e. The number of aryl methyl sites for hydroxylation is 1. The quantitative estimate of drug-likeness (QED) is 0.474. The van der Waals surface area contributed by atoms with Crippen LogP contribution in [-0.2, 0) is 11.9 Å². The molecule has 0 saturated carbocycles. The van der Waals surface area contributed by atoms with E-state index in [1.165, 1.54) is 0 Å². The monoisotopic (exact) mass is 443 g/mol. The molecule has 9 heteroatoms. The van der Waals surface area contributed by atoms with Crippen LogP contribution in [0, 0.1) is 0 Å². The van der Waals surface area contributed by atoms with Crippen LogP contribution >= 0.6 is 0 Å². The standard InChI is InChI=1S/C24H25N7O2/c1-30-8-5-20(33-29-24(32)16-3-6-25-7-4-16)11-23(30)22-10-17-9-21(19-14-28-31(2)15-19)26-12-18(17)13-27-22/h3-4,6-7,9-10,12-15,20,23H,5,8,11H2,1-2H3,(H,29,32). The normalized spacial score (nSPS) is 19.0. The van der Waals surface area contributed by atoms with Gasteiger partial charge in [-0.25, -0.2) is 5.48 Å². The number of fused-ring (bicyclic) bond motifs is 1. The van der Waals surface area contributed by atoms with Crippen LogP contribution in [0.5, 0.6) is 0 Å². The van der Waals surface area contributed by atoms with Gasteiger partial charge in [0.15, 0.2) is 0 Å². The molecule has 168 valence electrons. The van der Waals surface area contributed by atoms with Crippen molar-refractivity contribution in [3.8, 4) is 11.3 Å². The Kier molecular flexibility index (Phi) is 5.80. The van der Waals surface area contributed by atoms with E-state index in [0.717, 1.165) is 47.1 Å². The molecule has 0 radical (unpaired) electrons. The van der Waals surface area contributed by atoms with E-state index in [1.807, 2.05) is 31.8 Å². The fourth-order valence-corrected chi connectivity index (χ4v) is 4.15. The van der Waals surface area contributed by atoms with Gasteiger partial charge in [0.05, 0.1) is 29.7 Å². The Morgan fingerprint density at radius 2 is 1.91 bits per heavy atom. The molecule has 1 fully saturated rings. The van der Waals surface area contributed by atoms with E-state index >= 15 is 0 Å². The number of hydrogen-bond acceptors (Lipinski definition) is 7. The van der Waals surface area contributed by atoms with Gasteiger partial charge in [-0.15, -0.1) is 0 Å². The summed E-state index contributed by atoms with van der Waals surface area (Å²) in [5.74, 6) is -0.271. The van der Waals surface area contributed by atoms with Gasteiger partial charge >= 0.3 is 0 Å². The number of aromatic nitrogens is 5. The highest BCUT2D eigenvalue weighted by Gasteiger charge is 2.29. The van der Waals surface area contributed by atoms with E-state index < -0.39 is 0 Å². The maximum atomic E-state index is 12.3. The van der Waals surface area contributed by atoms with Crippen LogP contribution in [-0.4, -0.2) is 55.2 Å². The number of hydrogen-bond donors (Lipinski definition) is 1. The number of nitrogens with one attached hydrogen (secondary N) is 1. The van der Waals surface area contributed by atoms with Crippen LogP contribution in [0.2, 0.25) is 0 Å². The average molecular weight is 444 g/mol. The molecule has 1 saturated heterocycles. The zero-order chi connectivity index (χ0) is 22.8. The van der Waals surface area contributed by atoms with Crippen molar-refractivity contribution < 1.29 is 9.63 Å². The molecular formula is C24H25N7O2. The predicted octanol–water partition coefficient (Wildman–Crippen LogP) is 2.92. The summed E-state index contributed by atoms with van der Waals surface area (Å²) in [4.78, 5) is 33.6. The first kappa shape index (κ1) is 21.2. The molecule has 0 aromatic carbocycles. The van der Waals surface area contributed by atoms with E-state index in [9.17, 15) is 4.79 Å². The van der Waals surface area contributed by atoms with Crippen molar-refractivity contribution in [2.24, 2.45) is 7.05 Å². The Hall–Kier alpha value is -3.69. The van der Waals surface area contributed by atoms with Crippen molar-refractivity contribution in [3.05, 3.63) is 72.7 Å². The first-order valence-corrected chi connectivity index (χ1v) is 10.9. The van der Waals surface area contributed by atoms with Gasteiger partial charge < -0.3 is 0 Å². The number of rotatable bonds is 5. The number of carbonyl (C=O) groups is 1. The Balaban J connectivity index is 1.32. The highest BCUT2D eigenvalue weighted by Crippen LogP contribution is 2.32. The van der Waals surface area contributed by atoms with Gasteiger partial charge in [0.2, 0.25) is 0 Å². The van der Waals surface area contributed by atoms with Crippen molar-refractivity contribution in [2.75, 3.05) is 13.6 Å². The lowest BCUT2D eigenvalue weighted by Gasteiger charge is -2.36. The molecule has 4 aromatic heterocycles. The van der Waals surface area contributed by atoms with E-state index in [4.69, 9.17) is 9.82 Å². The van der Waals surface area contributed by atoms with Gasteiger partial charge in [0.1, 0.15) is 0 Å². The van der Waals surface area contributed by atoms with Crippen LogP contribution < -0.4 is 5.48 Å². The van der Waals surface area contributed by atoms with Crippen LogP contribution in [0.4, 0.5) is 0 Å². The maximum absolute atomic E-state index is 12.3. The molecule has 1 aliphatic heterocycles. The molecular weight excluding hydrogens is 418 g/mol. The maximum Gasteiger partial charge on any atom is 0.274 e. The molecule has 1 aliphatic rings. The topological polar surface area (TPSA) is 98.1 Å². The predicted molar refractivity (Wildman–Crippen MR) is 123 cm³/mol. The molecule has 1 amide bonds. The Bertz CT molecular complexity index is 1270. The van der Waals surface area contributed by atoms with Crippen molar-refractivity contribution in [1.29, 1.82) is 0 Å². The molecule has 5 rings (SSSR count). The number of amides is 1. The molecule has 0 bridgehead atoms. The zero-order valence-corrected chi connectivity index (χ0v) is 18.5. The summed E-state index contributed by atoms with van der Waals surface area (Å²) in [7, 11) is 3.99. The van der Waals surface area contributed by atoms with Gasteiger partial charge in [-0.2, -0.15) is 5.10 Å². The first-order valence-electron chi connectivity index (χ1n) is 10.9. The third-order valence-corrected chi connectivity index (χ3v) is 6.05. The molecule has 2 atom stereocenters. The summed E-state index contributed by atoms with van der Waals surface area (Å²) in [6.45, 7) is 0.845. The van der Waals surface area contributed by atoms with Gasteiger partial charge in [0, 0.05) is 61.1 Å². The van der Waals surface area contributed by atoms with Crippen LogP contribution in [0.3, 0.4) is 0 Å². The van der Waals surface area contributed by atoms with Crippen molar-refractivity contribution in [1.82, 2.24) is 35.1 Å². The molecule has 0 spiro atoms. The fraction of sp³-hybridized carbons (Fsp3) is 0.292. The van der Waals surface area contributed by atoms with Crippen molar-refractivity contribution >= 4 is 16.7 Å². The molecule has 5 heterocycles. The number of likely N-dealkylation sites (tertiary alicyclic amines) is 1. The number of hydroxylamine groups is 1. The minimum atomic E-state index is -0.271. The molecule has 9 nitrogen and oxygen atoms in total. The lowest BCUT2D eigenvalue weighted by molar-refractivity contribution is -0.0542. The van der Waals surface area contributed by atoms with Crippen molar-refractivity contribution in [2.45, 2.75) is 25.0 Å².